The van der Waals surface area contributed by atoms with Crippen molar-refractivity contribution in [2.75, 3.05) is 0 Å². The molecule has 0 N–H and O–H groups in total. The van der Waals surface area contributed by atoms with E-state index in [4.69, 9.17) is 0 Å². The summed E-state index contributed by atoms with van der Waals surface area (Å²) in [4.78, 5) is 0. The van der Waals surface area contributed by atoms with Gasteiger partial charge < -0.3 is 0 Å². The molecule has 1 aromatic heterocycles. The van der Waals surface area contributed by atoms with Gasteiger partial charge in [0.15, 0.2) is 12.4 Å². The smallest absolute Gasteiger partial charge is 0.171 e. The van der Waals surface area contributed by atoms with Crippen molar-refractivity contribution in [1.29, 1.82) is 0 Å². The van der Waals surface area contributed by atoms with Crippen LogP contribution in [0, 0.1) is 0 Å². The van der Waals surface area contributed by atoms with Crippen molar-refractivity contribution in [3.8, 4) is 0 Å². The van der Waals surface area contributed by atoms with Crippen molar-refractivity contribution < 1.29 is 4.57 Å². The minimum absolute atomic E-state index is 1.28. The molecule has 0 aliphatic heterocycles. The highest BCUT2D eigenvalue weighted by atomic mass is 14.9. The predicted octanol–water partition coefficient (Wildman–Crippen LogP) is 14.9. The minimum atomic E-state index is 1.28. The molecule has 0 spiro atoms. The average Bonchev–Trinajstić information content (AvgIpc) is 3.04. The van der Waals surface area contributed by atoms with E-state index in [2.05, 4.69) is 43.9 Å². The maximum Gasteiger partial charge on any atom is 0.171 e. The summed E-state index contributed by atoms with van der Waals surface area (Å²) >= 11 is 0. The largest absolute Gasteiger partial charge is 0.208 e. The molecule has 0 atom stereocenters. The normalized spacial score (nSPS) is 11.5. The molecule has 0 fully saturated rings. The molecule has 1 heterocycles. The number of rotatable bonds is 36. The van der Waals surface area contributed by atoms with Gasteiger partial charge in [0.1, 0.15) is 7.05 Å². The van der Waals surface area contributed by atoms with Gasteiger partial charge in [-0.1, -0.05) is 219 Å². The van der Waals surface area contributed by atoms with Crippen LogP contribution in [-0.2, 0) is 19.9 Å². The van der Waals surface area contributed by atoms with Gasteiger partial charge in [-0.2, -0.15) is 0 Å². The highest BCUT2D eigenvalue weighted by molar-refractivity contribution is 5.21. The van der Waals surface area contributed by atoms with Crippen LogP contribution in [0.15, 0.2) is 18.5 Å². The Bertz CT molecular complexity index is 709. The monoisotopic (exact) mass is 627 g/mol. The van der Waals surface area contributed by atoms with Crippen molar-refractivity contribution in [2.24, 2.45) is 7.05 Å². The van der Waals surface area contributed by atoms with Crippen molar-refractivity contribution in [2.45, 2.75) is 245 Å². The molecule has 0 aromatic carbocycles. The fourth-order valence-corrected chi connectivity index (χ4v) is 7.24. The van der Waals surface area contributed by atoms with Crippen LogP contribution in [0.4, 0.5) is 0 Å². The first kappa shape index (κ1) is 42.2. The third kappa shape index (κ3) is 29.1. The minimum Gasteiger partial charge on any atom is -0.208 e. The highest BCUT2D eigenvalue weighted by Crippen LogP contribution is 2.18. The molecular weight excluding hydrogens is 542 g/mol. The molecule has 0 radical (unpaired) electrons. The molecule has 264 valence electrons. The zero-order valence-electron chi connectivity index (χ0n) is 31.6. The summed E-state index contributed by atoms with van der Waals surface area (Å²) in [6.45, 7) is 4.62. The van der Waals surface area contributed by atoms with E-state index in [1.807, 2.05) is 0 Å². The first-order valence-corrected chi connectivity index (χ1v) is 21.2. The van der Waals surface area contributed by atoms with Gasteiger partial charge in [0.25, 0.3) is 0 Å². The van der Waals surface area contributed by atoms with E-state index >= 15 is 0 Å². The Morgan fingerprint density at radius 1 is 0.333 bits per heavy atom. The molecule has 0 bridgehead atoms. The summed E-state index contributed by atoms with van der Waals surface area (Å²) in [6, 6.07) is 2.41. The van der Waals surface area contributed by atoms with Crippen LogP contribution in [0.5, 0.6) is 0 Å². The zero-order chi connectivity index (χ0) is 32.3. The first-order valence-electron chi connectivity index (χ1n) is 21.2. The van der Waals surface area contributed by atoms with Gasteiger partial charge in [-0.05, 0) is 31.2 Å². The van der Waals surface area contributed by atoms with Gasteiger partial charge in [-0.15, -0.1) is 0 Å². The molecule has 1 nitrogen and oxygen atoms in total. The second-order valence-electron chi connectivity index (χ2n) is 15.0. The Balaban J connectivity index is 1.93. The lowest BCUT2D eigenvalue weighted by atomic mass is 9.97. The van der Waals surface area contributed by atoms with E-state index < -0.39 is 0 Å². The van der Waals surface area contributed by atoms with Crippen molar-refractivity contribution in [1.82, 2.24) is 0 Å². The highest BCUT2D eigenvalue weighted by Gasteiger charge is 2.08. The SMILES string of the molecule is CCCCCCCCCCCCCCCCCCCc1cc[n+](C)cc1CCCCCCCCCCCCCCCCCCC. The zero-order valence-corrected chi connectivity index (χ0v) is 31.6. The number of aryl methyl sites for hydroxylation is 3. The fourth-order valence-electron chi connectivity index (χ4n) is 7.24. The average molecular weight is 627 g/mol. The van der Waals surface area contributed by atoms with Crippen LogP contribution in [0.2, 0.25) is 0 Å². The lowest BCUT2D eigenvalue weighted by Crippen LogP contribution is -2.27. The van der Waals surface area contributed by atoms with Crippen LogP contribution in [0.25, 0.3) is 0 Å². The van der Waals surface area contributed by atoms with E-state index in [0.717, 1.165) is 0 Å². The molecular formula is C44H84N+. The van der Waals surface area contributed by atoms with Crippen molar-refractivity contribution >= 4 is 0 Å². The third-order valence-electron chi connectivity index (χ3n) is 10.4. The number of pyridine rings is 1. The van der Waals surface area contributed by atoms with Gasteiger partial charge in [-0.25, -0.2) is 4.57 Å². The summed E-state index contributed by atoms with van der Waals surface area (Å²) in [5.74, 6) is 0. The second-order valence-corrected chi connectivity index (χ2v) is 15.0. The van der Waals surface area contributed by atoms with Gasteiger partial charge in [-0.3, -0.25) is 0 Å². The Hall–Kier alpha value is -0.850. The van der Waals surface area contributed by atoms with E-state index in [0.29, 0.717) is 0 Å². The number of nitrogens with zero attached hydrogens (tertiary/aromatic N) is 1. The molecule has 0 unspecified atom stereocenters. The molecule has 1 rings (SSSR count). The van der Waals surface area contributed by atoms with Gasteiger partial charge in [0.05, 0.1) is 0 Å². The van der Waals surface area contributed by atoms with E-state index in [-0.39, 0.29) is 0 Å². The molecule has 1 heteroatoms. The lowest BCUT2D eigenvalue weighted by Gasteiger charge is -2.09. The fraction of sp³-hybridized carbons (Fsp3) is 0.886. The van der Waals surface area contributed by atoms with Crippen molar-refractivity contribution in [3.05, 3.63) is 29.6 Å². The van der Waals surface area contributed by atoms with Crippen LogP contribution < -0.4 is 4.57 Å². The van der Waals surface area contributed by atoms with Crippen LogP contribution in [0.3, 0.4) is 0 Å². The molecule has 0 aliphatic carbocycles. The molecule has 1 aromatic rings. The first-order chi connectivity index (χ1) is 22.3. The summed E-state index contributed by atoms with van der Waals surface area (Å²) in [5, 5.41) is 0. The van der Waals surface area contributed by atoms with E-state index in [1.54, 1.807) is 11.1 Å². The molecule has 0 saturated heterocycles. The maximum atomic E-state index is 2.41. The summed E-state index contributed by atoms with van der Waals surface area (Å²) < 4.78 is 2.26. The molecule has 0 saturated carbocycles. The molecule has 0 aliphatic rings. The van der Waals surface area contributed by atoms with Gasteiger partial charge in [0, 0.05) is 11.6 Å². The summed E-state index contributed by atoms with van der Waals surface area (Å²) in [7, 11) is 2.19. The number of unbranched alkanes of at least 4 members (excludes halogenated alkanes) is 32. The third-order valence-corrected chi connectivity index (χ3v) is 10.4. The number of hydrogen-bond donors (Lipinski definition) is 0. The predicted molar refractivity (Wildman–Crippen MR) is 203 cm³/mol. The van der Waals surface area contributed by atoms with Gasteiger partial charge in [0.2, 0.25) is 0 Å². The van der Waals surface area contributed by atoms with Gasteiger partial charge >= 0.3 is 0 Å². The summed E-state index contributed by atoms with van der Waals surface area (Å²) in [5.41, 5.74) is 3.25. The second kappa shape index (κ2) is 34.5. The Morgan fingerprint density at radius 3 is 0.867 bits per heavy atom. The number of hydrogen-bond acceptors (Lipinski definition) is 0. The van der Waals surface area contributed by atoms with Crippen LogP contribution >= 0.6 is 0 Å². The standard InChI is InChI=1S/C44H84N/c1-4-6-8-10-12-14-16-18-20-22-24-26-28-30-32-34-36-38-43-40-41-45(3)42-44(43)39-37-35-33-31-29-27-25-23-21-19-17-15-13-11-9-7-5-2/h40-42H,4-39H2,1-3H3/q+1. The molecule has 45 heavy (non-hydrogen) atoms. The number of aromatic nitrogens is 1. The van der Waals surface area contributed by atoms with Crippen LogP contribution in [0.1, 0.15) is 243 Å². The maximum absolute atomic E-state index is 2.41. The lowest BCUT2D eigenvalue weighted by molar-refractivity contribution is -0.672. The topological polar surface area (TPSA) is 3.88 Å². The summed E-state index contributed by atoms with van der Waals surface area (Å²) in [6.07, 6.45) is 56.6. The quantitative estimate of drug-likeness (QED) is 0.0515. The Morgan fingerprint density at radius 2 is 0.578 bits per heavy atom. The Kier molecular flexibility index (Phi) is 32.3. The van der Waals surface area contributed by atoms with Crippen LogP contribution in [-0.4, -0.2) is 0 Å². The Labute approximate surface area is 285 Å². The molecule has 0 amide bonds. The van der Waals surface area contributed by atoms with E-state index in [1.165, 1.54) is 231 Å². The van der Waals surface area contributed by atoms with E-state index in [9.17, 15) is 0 Å². The van der Waals surface area contributed by atoms with Crippen molar-refractivity contribution in [3.63, 3.8) is 0 Å².